The molecule has 0 aromatic heterocycles. The second kappa shape index (κ2) is 6.22. The first-order valence-electron chi connectivity index (χ1n) is 5.93. The van der Waals surface area contributed by atoms with Crippen LogP contribution >= 0.6 is 11.6 Å². The van der Waals surface area contributed by atoms with Gasteiger partial charge in [0.2, 0.25) is 0 Å². The highest BCUT2D eigenvalue weighted by atomic mass is 35.5. The molecule has 110 valence electrons. The average Bonchev–Trinajstić information content (AvgIpc) is 2.33. The van der Waals surface area contributed by atoms with Gasteiger partial charge in [-0.3, -0.25) is 0 Å². The van der Waals surface area contributed by atoms with Crippen LogP contribution in [-0.2, 0) is 6.18 Å². The monoisotopic (exact) mass is 304 g/mol. The van der Waals surface area contributed by atoms with E-state index in [1.54, 1.807) is 12.2 Å². The zero-order chi connectivity index (χ0) is 15.5. The largest absolute Gasteiger partial charge is 0.417 e. The molecule has 2 nitrogen and oxygen atoms in total. The molecule has 0 saturated carbocycles. The Morgan fingerprint density at radius 1 is 1.20 bits per heavy atom. The van der Waals surface area contributed by atoms with Crippen LogP contribution in [0.3, 0.4) is 0 Å². The van der Waals surface area contributed by atoms with Gasteiger partial charge < -0.3 is 11.5 Å². The van der Waals surface area contributed by atoms with E-state index in [0.29, 0.717) is 17.0 Å². The lowest BCUT2D eigenvalue weighted by Crippen LogP contribution is -2.07. The van der Waals surface area contributed by atoms with Gasteiger partial charge in [0.05, 0.1) is 10.6 Å². The van der Waals surface area contributed by atoms with E-state index in [2.05, 4.69) is 0 Å². The highest BCUT2D eigenvalue weighted by molar-refractivity contribution is 6.31. The second-order valence-corrected chi connectivity index (χ2v) is 5.04. The van der Waals surface area contributed by atoms with Crippen LogP contribution in [0.1, 0.15) is 25.0 Å². The molecule has 0 atom stereocenters. The maximum atomic E-state index is 12.6. The van der Waals surface area contributed by atoms with E-state index >= 15 is 0 Å². The van der Waals surface area contributed by atoms with Gasteiger partial charge >= 0.3 is 6.18 Å². The zero-order valence-corrected chi connectivity index (χ0v) is 11.9. The van der Waals surface area contributed by atoms with E-state index in [1.807, 2.05) is 13.8 Å². The fraction of sp³-hybridized carbons (Fsp3) is 0.286. The Hall–Kier alpha value is -1.62. The van der Waals surface area contributed by atoms with Crippen molar-refractivity contribution in [1.82, 2.24) is 0 Å². The fourth-order valence-corrected chi connectivity index (χ4v) is 1.69. The molecule has 0 saturated heterocycles. The van der Waals surface area contributed by atoms with Crippen molar-refractivity contribution in [2.24, 2.45) is 17.4 Å². The Morgan fingerprint density at radius 2 is 1.80 bits per heavy atom. The molecule has 0 fully saturated rings. The molecule has 4 N–H and O–H groups in total. The lowest BCUT2D eigenvalue weighted by Gasteiger charge is -2.10. The van der Waals surface area contributed by atoms with Crippen LogP contribution in [0.15, 0.2) is 36.0 Å². The van der Waals surface area contributed by atoms with Crippen LogP contribution in [-0.4, -0.2) is 0 Å². The first-order chi connectivity index (χ1) is 9.12. The SMILES string of the molecule is CC(C)/C(N)=C/C=C(\N)c1ccc(C(F)(F)F)c(Cl)c1. The van der Waals surface area contributed by atoms with Gasteiger partial charge in [-0.2, -0.15) is 13.2 Å². The molecule has 0 amide bonds. The predicted octanol–water partition coefficient (Wildman–Crippen LogP) is 4.16. The lowest BCUT2D eigenvalue weighted by molar-refractivity contribution is -0.137. The van der Waals surface area contributed by atoms with E-state index in [0.717, 1.165) is 6.07 Å². The van der Waals surface area contributed by atoms with Gasteiger partial charge in [0.15, 0.2) is 0 Å². The van der Waals surface area contributed by atoms with Crippen LogP contribution in [0.5, 0.6) is 0 Å². The fourth-order valence-electron chi connectivity index (χ4n) is 1.40. The summed E-state index contributed by atoms with van der Waals surface area (Å²) in [5.74, 6) is 0.162. The van der Waals surface area contributed by atoms with Crippen LogP contribution in [0.4, 0.5) is 13.2 Å². The average molecular weight is 305 g/mol. The Labute approximate surface area is 120 Å². The van der Waals surface area contributed by atoms with E-state index < -0.39 is 11.7 Å². The van der Waals surface area contributed by atoms with Crippen molar-refractivity contribution >= 4 is 17.3 Å². The number of hydrogen-bond donors (Lipinski definition) is 2. The van der Waals surface area contributed by atoms with E-state index in [-0.39, 0.29) is 10.9 Å². The minimum atomic E-state index is -4.48. The summed E-state index contributed by atoms with van der Waals surface area (Å²) in [6, 6.07) is 3.38. The second-order valence-electron chi connectivity index (χ2n) is 4.64. The van der Waals surface area contributed by atoms with Crippen molar-refractivity contribution in [3.63, 3.8) is 0 Å². The topological polar surface area (TPSA) is 52.0 Å². The van der Waals surface area contributed by atoms with Crippen LogP contribution in [0.25, 0.3) is 5.70 Å². The van der Waals surface area contributed by atoms with Gasteiger partial charge in [-0.1, -0.05) is 31.5 Å². The summed E-state index contributed by atoms with van der Waals surface area (Å²) in [5.41, 5.74) is 12.0. The van der Waals surface area contributed by atoms with Crippen molar-refractivity contribution in [3.05, 3.63) is 52.2 Å². The van der Waals surface area contributed by atoms with Gasteiger partial charge in [-0.05, 0) is 35.8 Å². The van der Waals surface area contributed by atoms with Gasteiger partial charge in [0.25, 0.3) is 0 Å². The summed E-state index contributed by atoms with van der Waals surface area (Å²) in [4.78, 5) is 0. The van der Waals surface area contributed by atoms with Gasteiger partial charge in [0, 0.05) is 11.4 Å². The molecule has 0 unspecified atom stereocenters. The maximum Gasteiger partial charge on any atom is 0.417 e. The molecule has 0 spiro atoms. The molecule has 1 aromatic rings. The summed E-state index contributed by atoms with van der Waals surface area (Å²) in [6.45, 7) is 3.84. The molecule has 6 heteroatoms. The summed E-state index contributed by atoms with van der Waals surface area (Å²) in [6.07, 6.45) is -1.30. The molecular formula is C14H16ClF3N2. The van der Waals surface area contributed by atoms with Crippen molar-refractivity contribution in [1.29, 1.82) is 0 Å². The van der Waals surface area contributed by atoms with Crippen molar-refractivity contribution in [2.75, 3.05) is 0 Å². The summed E-state index contributed by atoms with van der Waals surface area (Å²) in [7, 11) is 0. The van der Waals surface area contributed by atoms with E-state index in [9.17, 15) is 13.2 Å². The quantitative estimate of drug-likeness (QED) is 0.824. The molecule has 20 heavy (non-hydrogen) atoms. The molecule has 0 aliphatic carbocycles. The molecule has 0 aliphatic rings. The predicted molar refractivity (Wildman–Crippen MR) is 75.7 cm³/mol. The number of rotatable bonds is 3. The summed E-state index contributed by atoms with van der Waals surface area (Å²) < 4.78 is 37.7. The Bertz CT molecular complexity index is 546. The van der Waals surface area contributed by atoms with Crippen LogP contribution in [0.2, 0.25) is 5.02 Å². The minimum absolute atomic E-state index is 0.162. The molecule has 0 heterocycles. The Kier molecular flexibility index (Phi) is 5.11. The molecule has 0 radical (unpaired) electrons. The third kappa shape index (κ3) is 4.20. The summed E-state index contributed by atoms with van der Waals surface area (Å²) in [5, 5.41) is -0.382. The van der Waals surface area contributed by atoms with Crippen LogP contribution < -0.4 is 11.5 Å². The Balaban J connectivity index is 3.08. The third-order valence-corrected chi connectivity index (χ3v) is 3.04. The molecular weight excluding hydrogens is 289 g/mol. The Morgan fingerprint density at radius 3 is 2.25 bits per heavy atom. The number of nitrogens with two attached hydrogens (primary N) is 2. The normalized spacial score (nSPS) is 13.9. The standard InChI is InChI=1S/C14H16ClF3N2/c1-8(2)12(19)5-6-13(20)9-3-4-10(11(15)7-9)14(16,17)18/h3-8H,19-20H2,1-2H3/b12-5-,13-6-. The van der Waals surface area contributed by atoms with E-state index in [1.165, 1.54) is 12.1 Å². The van der Waals surface area contributed by atoms with Gasteiger partial charge in [-0.15, -0.1) is 0 Å². The smallest absolute Gasteiger partial charge is 0.402 e. The number of alkyl halides is 3. The van der Waals surface area contributed by atoms with Gasteiger partial charge in [-0.25, -0.2) is 0 Å². The highest BCUT2D eigenvalue weighted by Crippen LogP contribution is 2.35. The number of benzene rings is 1. The molecule has 0 bridgehead atoms. The first-order valence-corrected chi connectivity index (χ1v) is 6.30. The molecule has 1 rings (SSSR count). The highest BCUT2D eigenvalue weighted by Gasteiger charge is 2.33. The number of allylic oxidation sites excluding steroid dienone is 3. The number of hydrogen-bond acceptors (Lipinski definition) is 2. The number of halogens is 4. The minimum Gasteiger partial charge on any atom is -0.402 e. The van der Waals surface area contributed by atoms with Crippen molar-refractivity contribution in [3.8, 4) is 0 Å². The first kappa shape index (κ1) is 16.4. The van der Waals surface area contributed by atoms with Crippen molar-refractivity contribution < 1.29 is 13.2 Å². The third-order valence-electron chi connectivity index (χ3n) is 2.73. The zero-order valence-electron chi connectivity index (χ0n) is 11.1. The molecule has 0 aliphatic heterocycles. The molecule has 1 aromatic carbocycles. The van der Waals surface area contributed by atoms with Gasteiger partial charge in [0.1, 0.15) is 0 Å². The summed E-state index contributed by atoms with van der Waals surface area (Å²) >= 11 is 5.63. The van der Waals surface area contributed by atoms with E-state index in [4.69, 9.17) is 23.1 Å². The lowest BCUT2D eigenvalue weighted by atomic mass is 10.1. The van der Waals surface area contributed by atoms with Crippen molar-refractivity contribution in [2.45, 2.75) is 20.0 Å². The van der Waals surface area contributed by atoms with Crippen LogP contribution in [0, 0.1) is 5.92 Å². The maximum absolute atomic E-state index is 12.6.